The van der Waals surface area contributed by atoms with E-state index in [0.717, 1.165) is 12.1 Å². The minimum absolute atomic E-state index is 0. The zero-order valence-corrected chi connectivity index (χ0v) is 13.9. The molecule has 0 aliphatic heterocycles. The van der Waals surface area contributed by atoms with Gasteiger partial charge in [-0.2, -0.15) is 16.8 Å². The van der Waals surface area contributed by atoms with Crippen molar-refractivity contribution in [3.63, 3.8) is 0 Å². The molecule has 7 nitrogen and oxygen atoms in total. The maximum absolute atomic E-state index is 11.2. The van der Waals surface area contributed by atoms with Crippen molar-refractivity contribution in [1.29, 1.82) is 0 Å². The van der Waals surface area contributed by atoms with E-state index in [1.54, 1.807) is 0 Å². The van der Waals surface area contributed by atoms with Crippen LogP contribution in [0.15, 0.2) is 40.1 Å². The third kappa shape index (κ3) is 3.31. The van der Waals surface area contributed by atoms with Gasteiger partial charge in [-0.1, -0.05) is 12.1 Å². The predicted molar refractivity (Wildman–Crippen MR) is 73.7 cm³/mol. The van der Waals surface area contributed by atoms with E-state index in [1.807, 2.05) is 0 Å². The molecule has 2 aromatic carbocycles. The Morgan fingerprint density at radius 1 is 0.850 bits per heavy atom. The van der Waals surface area contributed by atoms with Gasteiger partial charge in [0.15, 0.2) is 0 Å². The molecule has 0 aromatic heterocycles. The van der Waals surface area contributed by atoms with Crippen LogP contribution in [0.3, 0.4) is 0 Å². The van der Waals surface area contributed by atoms with Gasteiger partial charge in [-0.05, 0) is 18.2 Å². The summed E-state index contributed by atoms with van der Waals surface area (Å²) < 4.78 is 63.1. The molecular formula is C10H9NNaO6S2. The van der Waals surface area contributed by atoms with Gasteiger partial charge >= 0.3 is 0 Å². The Hall–Kier alpha value is -0.680. The van der Waals surface area contributed by atoms with E-state index in [2.05, 4.69) is 0 Å². The van der Waals surface area contributed by atoms with E-state index >= 15 is 0 Å². The van der Waals surface area contributed by atoms with Crippen LogP contribution in [0.1, 0.15) is 0 Å². The maximum Gasteiger partial charge on any atom is 0.295 e. The molecule has 1 radical (unpaired) electrons. The zero-order chi connectivity index (χ0) is 14.4. The van der Waals surface area contributed by atoms with Crippen molar-refractivity contribution in [3.05, 3.63) is 30.3 Å². The van der Waals surface area contributed by atoms with E-state index in [-0.39, 0.29) is 46.0 Å². The van der Waals surface area contributed by atoms with Crippen molar-refractivity contribution in [2.24, 2.45) is 0 Å². The van der Waals surface area contributed by atoms with E-state index < -0.39 is 30.0 Å². The molecule has 0 spiro atoms. The molecule has 0 bridgehead atoms. The summed E-state index contributed by atoms with van der Waals surface area (Å²) in [5.41, 5.74) is 5.42. The third-order valence-corrected chi connectivity index (χ3v) is 4.30. The summed E-state index contributed by atoms with van der Waals surface area (Å²) in [4.78, 5) is -1.00. The molecule has 2 aromatic rings. The average Bonchev–Trinajstić information content (AvgIpc) is 2.24. The predicted octanol–water partition coefficient (Wildman–Crippen LogP) is 0.535. The number of fused-ring (bicyclic) bond motifs is 1. The molecule has 4 N–H and O–H groups in total. The second-order valence-electron chi connectivity index (χ2n) is 3.82. The zero-order valence-electron chi connectivity index (χ0n) is 10.3. The van der Waals surface area contributed by atoms with E-state index in [4.69, 9.17) is 14.8 Å². The number of hydrogen-bond donors (Lipinski definition) is 3. The van der Waals surface area contributed by atoms with Crippen molar-refractivity contribution in [2.45, 2.75) is 9.79 Å². The van der Waals surface area contributed by atoms with Gasteiger partial charge in [-0.3, -0.25) is 9.11 Å². The van der Waals surface area contributed by atoms with E-state index in [0.29, 0.717) is 0 Å². The van der Waals surface area contributed by atoms with Crippen molar-refractivity contribution in [2.75, 3.05) is 5.73 Å². The molecule has 0 saturated carbocycles. The first kappa shape index (κ1) is 17.4. The molecule has 20 heavy (non-hydrogen) atoms. The van der Waals surface area contributed by atoms with E-state index in [9.17, 15) is 16.8 Å². The van der Waals surface area contributed by atoms with Gasteiger partial charge in [0.25, 0.3) is 20.2 Å². The Morgan fingerprint density at radius 3 is 1.90 bits per heavy atom. The molecule has 0 aliphatic rings. The quantitative estimate of drug-likeness (QED) is 0.416. The summed E-state index contributed by atoms with van der Waals surface area (Å²) in [6, 6.07) is 5.85. The Labute approximate surface area is 137 Å². The molecule has 0 heterocycles. The largest absolute Gasteiger partial charge is 0.399 e. The van der Waals surface area contributed by atoms with Crippen molar-refractivity contribution >= 4 is 66.3 Å². The Morgan fingerprint density at radius 2 is 1.40 bits per heavy atom. The summed E-state index contributed by atoms with van der Waals surface area (Å²) in [7, 11) is -9.11. The van der Waals surface area contributed by atoms with Crippen molar-refractivity contribution in [1.82, 2.24) is 0 Å². The first-order chi connectivity index (χ1) is 8.60. The number of anilines is 1. The number of rotatable bonds is 2. The fraction of sp³-hybridized carbons (Fsp3) is 0. The van der Waals surface area contributed by atoms with Crippen LogP contribution in [0.5, 0.6) is 0 Å². The van der Waals surface area contributed by atoms with Crippen LogP contribution in [0, 0.1) is 0 Å². The van der Waals surface area contributed by atoms with Crippen LogP contribution in [0.2, 0.25) is 0 Å². The Kier molecular flexibility index (Phi) is 4.87. The smallest absolute Gasteiger partial charge is 0.295 e. The summed E-state index contributed by atoms with van der Waals surface area (Å²) in [6.45, 7) is 0. The fourth-order valence-corrected chi connectivity index (χ4v) is 3.22. The van der Waals surface area contributed by atoms with Gasteiger partial charge in [-0.15, -0.1) is 0 Å². The molecule has 2 rings (SSSR count). The van der Waals surface area contributed by atoms with Crippen LogP contribution in [0.4, 0.5) is 5.69 Å². The summed E-state index contributed by atoms with van der Waals surface area (Å²) in [6.07, 6.45) is 0. The normalized spacial score (nSPS) is 12.1. The minimum Gasteiger partial charge on any atom is -0.399 e. The first-order valence-corrected chi connectivity index (χ1v) is 7.76. The number of hydrogen-bond acceptors (Lipinski definition) is 5. The van der Waals surface area contributed by atoms with Gasteiger partial charge in [-0.25, -0.2) is 0 Å². The molecule has 10 heteroatoms. The fourth-order valence-electron chi connectivity index (χ4n) is 1.78. The molecule has 103 valence electrons. The third-order valence-electron chi connectivity index (χ3n) is 2.50. The number of benzene rings is 2. The standard InChI is InChI=1S/C10H9NO6S2.Na/c11-6-4-8-7(10(5-6)19(15,16)17)2-1-3-9(8)18(12,13)14;/h1-5H,11H2,(H,12,13,14)(H,15,16,17);. The van der Waals surface area contributed by atoms with Crippen LogP contribution in [0.25, 0.3) is 10.8 Å². The van der Waals surface area contributed by atoms with Gasteiger partial charge in [0.2, 0.25) is 0 Å². The first-order valence-electron chi connectivity index (χ1n) is 4.88. The summed E-state index contributed by atoms with van der Waals surface area (Å²) in [5.74, 6) is 0. The monoisotopic (exact) mass is 326 g/mol. The van der Waals surface area contributed by atoms with Gasteiger partial charge < -0.3 is 5.73 Å². The van der Waals surface area contributed by atoms with Crippen LogP contribution < -0.4 is 5.73 Å². The van der Waals surface area contributed by atoms with Gasteiger partial charge in [0.05, 0.1) is 0 Å². The second-order valence-corrected chi connectivity index (χ2v) is 6.60. The SMILES string of the molecule is Nc1cc(S(=O)(=O)O)c2cccc(S(=O)(=O)O)c2c1.[Na]. The maximum atomic E-state index is 11.2. The summed E-state index contributed by atoms with van der Waals surface area (Å²) in [5, 5.41) is -0.135. The number of nitrogen functional groups attached to an aromatic ring is 1. The molecule has 0 atom stereocenters. The van der Waals surface area contributed by atoms with Crippen LogP contribution in [-0.2, 0) is 20.2 Å². The molecule has 0 amide bonds. The number of nitrogens with two attached hydrogens (primary N) is 1. The molecular weight excluding hydrogens is 317 g/mol. The van der Waals surface area contributed by atoms with Crippen LogP contribution >= 0.6 is 0 Å². The van der Waals surface area contributed by atoms with E-state index in [1.165, 1.54) is 18.2 Å². The second kappa shape index (κ2) is 5.60. The molecule has 0 aliphatic carbocycles. The molecule has 0 unspecified atom stereocenters. The molecule has 0 saturated heterocycles. The topological polar surface area (TPSA) is 135 Å². The molecule has 0 fully saturated rings. The minimum atomic E-state index is -4.57. The Bertz CT molecular complexity index is 876. The average molecular weight is 326 g/mol. The Balaban J connectivity index is 0.00000200. The van der Waals surface area contributed by atoms with Gasteiger partial charge in [0.1, 0.15) is 9.79 Å². The van der Waals surface area contributed by atoms with Crippen molar-refractivity contribution < 1.29 is 25.9 Å². The van der Waals surface area contributed by atoms with Gasteiger partial charge in [0, 0.05) is 46.0 Å². The van der Waals surface area contributed by atoms with Crippen molar-refractivity contribution in [3.8, 4) is 0 Å². The summed E-state index contributed by atoms with van der Waals surface area (Å²) >= 11 is 0. The van der Waals surface area contributed by atoms with Crippen LogP contribution in [-0.4, -0.2) is 55.5 Å².